The van der Waals surface area contributed by atoms with Crippen molar-refractivity contribution in [2.75, 3.05) is 0 Å². The van der Waals surface area contributed by atoms with Crippen LogP contribution in [-0.2, 0) is 15.8 Å². The lowest BCUT2D eigenvalue weighted by Gasteiger charge is -2.04. The van der Waals surface area contributed by atoms with Gasteiger partial charge in [-0.1, -0.05) is 30.3 Å². The summed E-state index contributed by atoms with van der Waals surface area (Å²) in [7, 11) is -3.32. The summed E-state index contributed by atoms with van der Waals surface area (Å²) < 4.78 is 24.7. The molecule has 6 heteroatoms. The van der Waals surface area contributed by atoms with Crippen LogP contribution in [0.3, 0.4) is 0 Å². The Kier molecular flexibility index (Phi) is 4.09. The molecule has 0 saturated carbocycles. The second kappa shape index (κ2) is 5.14. The minimum Gasteiger partial charge on any atom is -0.244 e. The Morgan fingerprint density at radius 1 is 1.19 bits per heavy atom. The Morgan fingerprint density at radius 3 is 2.44 bits per heavy atom. The molecular weight excluding hydrogens is 248 g/mol. The van der Waals surface area contributed by atoms with Crippen molar-refractivity contribution in [2.24, 2.45) is 0 Å². The average molecular weight is 259 g/mol. The highest BCUT2D eigenvalue weighted by Crippen LogP contribution is 2.07. The molecule has 1 aromatic heterocycles. The van der Waals surface area contributed by atoms with Gasteiger partial charge in [0.25, 0.3) is 0 Å². The summed E-state index contributed by atoms with van der Waals surface area (Å²) >= 11 is 0. The van der Waals surface area contributed by atoms with E-state index in [0.717, 1.165) is 9.54 Å². The third-order valence-electron chi connectivity index (χ3n) is 1.99. The van der Waals surface area contributed by atoms with E-state index < -0.39 is 10.0 Å². The minimum absolute atomic E-state index is 0. The quantitative estimate of drug-likeness (QED) is 0.842. The van der Waals surface area contributed by atoms with Crippen LogP contribution in [0, 0.1) is 0 Å². The van der Waals surface area contributed by atoms with Crippen molar-refractivity contribution < 1.29 is 8.42 Å². The standard InChI is InChI=1S/C10H10N2O2S.ClH/c13-15(14,12-7-6-11-9-12)8-10-4-2-1-3-5-10;/h1-7,9H,8H2;1H. The normalized spacial score (nSPS) is 10.8. The minimum atomic E-state index is -3.32. The molecule has 0 aliphatic rings. The second-order valence-electron chi connectivity index (χ2n) is 3.13. The molecular formula is C10H11ClN2O2S. The number of benzene rings is 1. The van der Waals surface area contributed by atoms with Crippen molar-refractivity contribution in [1.29, 1.82) is 0 Å². The van der Waals surface area contributed by atoms with Crippen LogP contribution in [0.4, 0.5) is 0 Å². The molecule has 86 valence electrons. The van der Waals surface area contributed by atoms with E-state index in [-0.39, 0.29) is 18.2 Å². The monoisotopic (exact) mass is 258 g/mol. The first-order valence-corrected chi connectivity index (χ1v) is 6.04. The van der Waals surface area contributed by atoms with Gasteiger partial charge in [0.1, 0.15) is 6.33 Å². The van der Waals surface area contributed by atoms with E-state index in [0.29, 0.717) is 0 Å². The molecule has 4 nitrogen and oxygen atoms in total. The first kappa shape index (κ1) is 12.7. The Hall–Kier alpha value is -1.33. The number of rotatable bonds is 3. The van der Waals surface area contributed by atoms with Crippen LogP contribution in [0.1, 0.15) is 5.56 Å². The maximum atomic E-state index is 11.8. The highest BCUT2D eigenvalue weighted by atomic mass is 35.5. The van der Waals surface area contributed by atoms with Gasteiger partial charge in [-0.25, -0.2) is 17.4 Å². The molecule has 0 bridgehead atoms. The van der Waals surface area contributed by atoms with Crippen LogP contribution in [0.2, 0.25) is 0 Å². The second-order valence-corrected chi connectivity index (χ2v) is 5.01. The predicted octanol–water partition coefficient (Wildman–Crippen LogP) is 1.68. The lowest BCUT2D eigenvalue weighted by atomic mass is 10.2. The largest absolute Gasteiger partial charge is 0.244 e. The zero-order valence-electron chi connectivity index (χ0n) is 8.35. The van der Waals surface area contributed by atoms with E-state index in [4.69, 9.17) is 0 Å². The van der Waals surface area contributed by atoms with Gasteiger partial charge in [0.15, 0.2) is 0 Å². The Balaban J connectivity index is 0.00000128. The topological polar surface area (TPSA) is 52.0 Å². The number of hydrogen-bond acceptors (Lipinski definition) is 3. The van der Waals surface area contributed by atoms with Crippen molar-refractivity contribution in [3.8, 4) is 0 Å². The molecule has 16 heavy (non-hydrogen) atoms. The molecule has 0 amide bonds. The molecule has 2 rings (SSSR count). The SMILES string of the molecule is Cl.O=S(=O)(Cc1ccccc1)n1ccnc1. The van der Waals surface area contributed by atoms with Crippen LogP contribution in [-0.4, -0.2) is 17.4 Å². The Morgan fingerprint density at radius 2 is 1.88 bits per heavy atom. The fourth-order valence-electron chi connectivity index (χ4n) is 1.27. The van der Waals surface area contributed by atoms with Gasteiger partial charge in [-0.05, 0) is 5.56 Å². The number of nitrogens with zero attached hydrogens (tertiary/aromatic N) is 2. The summed E-state index contributed by atoms with van der Waals surface area (Å²) in [4.78, 5) is 3.71. The van der Waals surface area contributed by atoms with Gasteiger partial charge in [0.05, 0.1) is 5.75 Å². The van der Waals surface area contributed by atoms with Crippen LogP contribution >= 0.6 is 12.4 Å². The van der Waals surface area contributed by atoms with Crippen molar-refractivity contribution in [2.45, 2.75) is 5.75 Å². The number of hydrogen-bond donors (Lipinski definition) is 0. The van der Waals surface area contributed by atoms with Gasteiger partial charge >= 0.3 is 0 Å². The third-order valence-corrected chi connectivity index (χ3v) is 3.55. The molecule has 1 aromatic carbocycles. The van der Waals surface area contributed by atoms with E-state index in [2.05, 4.69) is 4.98 Å². The van der Waals surface area contributed by atoms with E-state index in [9.17, 15) is 8.42 Å². The van der Waals surface area contributed by atoms with Gasteiger partial charge in [0.2, 0.25) is 10.0 Å². The predicted molar refractivity (Wildman–Crippen MR) is 63.9 cm³/mol. The molecule has 0 saturated heterocycles. The van der Waals surface area contributed by atoms with Gasteiger partial charge < -0.3 is 0 Å². The summed E-state index contributed by atoms with van der Waals surface area (Å²) in [5, 5.41) is 0. The molecule has 0 spiro atoms. The lowest BCUT2D eigenvalue weighted by Crippen LogP contribution is -2.13. The summed E-state index contributed by atoms with van der Waals surface area (Å²) in [6, 6.07) is 9.06. The van der Waals surface area contributed by atoms with Crippen LogP contribution < -0.4 is 0 Å². The Labute approximate surface area is 100 Å². The number of imidazole rings is 1. The fraction of sp³-hybridized carbons (Fsp3) is 0.100. The van der Waals surface area contributed by atoms with E-state index >= 15 is 0 Å². The van der Waals surface area contributed by atoms with Crippen molar-refractivity contribution in [3.05, 3.63) is 54.6 Å². The van der Waals surface area contributed by atoms with Crippen LogP contribution in [0.15, 0.2) is 49.1 Å². The van der Waals surface area contributed by atoms with Crippen LogP contribution in [0.5, 0.6) is 0 Å². The van der Waals surface area contributed by atoms with Crippen LogP contribution in [0.25, 0.3) is 0 Å². The maximum Gasteiger partial charge on any atom is 0.243 e. The third kappa shape index (κ3) is 2.84. The highest BCUT2D eigenvalue weighted by molar-refractivity contribution is 7.89. The molecule has 1 heterocycles. The molecule has 0 aliphatic heterocycles. The average Bonchev–Trinajstić information content (AvgIpc) is 2.71. The van der Waals surface area contributed by atoms with E-state index in [1.165, 1.54) is 18.7 Å². The summed E-state index contributed by atoms with van der Waals surface area (Å²) in [6.07, 6.45) is 4.17. The number of halogens is 1. The smallest absolute Gasteiger partial charge is 0.243 e. The molecule has 0 atom stereocenters. The van der Waals surface area contributed by atoms with Gasteiger partial charge in [-0.2, -0.15) is 0 Å². The lowest BCUT2D eigenvalue weighted by molar-refractivity contribution is 0.586. The highest BCUT2D eigenvalue weighted by Gasteiger charge is 2.12. The Bertz CT molecular complexity index is 523. The molecule has 2 aromatic rings. The summed E-state index contributed by atoms with van der Waals surface area (Å²) in [5.41, 5.74) is 0.770. The zero-order chi connectivity index (χ0) is 10.7. The van der Waals surface area contributed by atoms with Gasteiger partial charge in [0, 0.05) is 12.4 Å². The fourth-order valence-corrected chi connectivity index (χ4v) is 2.47. The molecule has 0 fully saturated rings. The van der Waals surface area contributed by atoms with E-state index in [1.54, 1.807) is 12.1 Å². The van der Waals surface area contributed by atoms with Crippen molar-refractivity contribution >= 4 is 22.4 Å². The number of aromatic nitrogens is 2. The van der Waals surface area contributed by atoms with Crippen molar-refractivity contribution in [1.82, 2.24) is 8.96 Å². The maximum absolute atomic E-state index is 11.8. The van der Waals surface area contributed by atoms with E-state index in [1.807, 2.05) is 18.2 Å². The first-order chi connectivity index (χ1) is 7.18. The van der Waals surface area contributed by atoms with Gasteiger partial charge in [-0.3, -0.25) is 0 Å². The molecule has 0 radical (unpaired) electrons. The summed E-state index contributed by atoms with van der Waals surface area (Å²) in [5.74, 6) is -0.00972. The first-order valence-electron chi connectivity index (χ1n) is 4.43. The molecule has 0 unspecified atom stereocenters. The summed E-state index contributed by atoms with van der Waals surface area (Å²) in [6.45, 7) is 0. The van der Waals surface area contributed by atoms with Gasteiger partial charge in [-0.15, -0.1) is 12.4 Å². The molecule has 0 N–H and O–H groups in total. The van der Waals surface area contributed by atoms with Crippen molar-refractivity contribution in [3.63, 3.8) is 0 Å². The zero-order valence-corrected chi connectivity index (χ0v) is 9.99. The molecule has 0 aliphatic carbocycles.